The van der Waals surface area contributed by atoms with Crippen LogP contribution in [0.25, 0.3) is 0 Å². The van der Waals surface area contributed by atoms with Crippen LogP contribution in [0.3, 0.4) is 0 Å². The number of benzene rings is 1. The van der Waals surface area contributed by atoms with Crippen molar-refractivity contribution in [2.75, 3.05) is 12.4 Å². The number of likely N-dealkylation sites (N-methyl/N-ethyl adjacent to an activating group) is 1. The molecule has 4 N–H and O–H groups in total. The Morgan fingerprint density at radius 1 is 1.38 bits per heavy atom. The topological polar surface area (TPSA) is 125 Å². The van der Waals surface area contributed by atoms with Crippen molar-refractivity contribution in [1.29, 1.82) is 0 Å². The quantitative estimate of drug-likeness (QED) is 0.314. The lowest BCUT2D eigenvalue weighted by molar-refractivity contribution is -0.114. The second-order valence-electron chi connectivity index (χ2n) is 4.43. The molecule has 0 aliphatic heterocycles. The Bertz CT molecular complexity index is 640. The Morgan fingerprint density at radius 2 is 1.90 bits per heavy atom. The van der Waals surface area contributed by atoms with Crippen LogP contribution in [0.1, 0.15) is 13.8 Å². The van der Waals surface area contributed by atoms with Gasteiger partial charge in [-0.2, -0.15) is 4.31 Å². The molecule has 1 aromatic carbocycles. The average molecular weight is 314 g/mol. The molecule has 21 heavy (non-hydrogen) atoms. The van der Waals surface area contributed by atoms with Gasteiger partial charge in [0, 0.05) is 19.7 Å². The molecule has 0 aliphatic rings. The minimum Gasteiger partial charge on any atom is -0.409 e. The van der Waals surface area contributed by atoms with E-state index in [1.807, 2.05) is 0 Å². The number of hydrogen-bond acceptors (Lipinski definition) is 5. The summed E-state index contributed by atoms with van der Waals surface area (Å²) in [6.07, 6.45) is 0. The van der Waals surface area contributed by atoms with Crippen LogP contribution in [0.15, 0.2) is 34.3 Å². The number of amides is 1. The van der Waals surface area contributed by atoms with Crippen molar-refractivity contribution in [3.63, 3.8) is 0 Å². The zero-order valence-corrected chi connectivity index (χ0v) is 12.8. The van der Waals surface area contributed by atoms with Crippen LogP contribution in [-0.2, 0) is 14.8 Å². The first-order chi connectivity index (χ1) is 9.70. The van der Waals surface area contributed by atoms with E-state index in [2.05, 4.69) is 10.5 Å². The van der Waals surface area contributed by atoms with Crippen molar-refractivity contribution < 1.29 is 18.4 Å². The maximum Gasteiger partial charge on any atom is 0.243 e. The van der Waals surface area contributed by atoms with Crippen LogP contribution < -0.4 is 11.1 Å². The van der Waals surface area contributed by atoms with Gasteiger partial charge >= 0.3 is 0 Å². The summed E-state index contributed by atoms with van der Waals surface area (Å²) in [6.45, 7) is 2.86. The Morgan fingerprint density at radius 3 is 2.33 bits per heavy atom. The molecule has 0 aromatic heterocycles. The van der Waals surface area contributed by atoms with E-state index in [0.29, 0.717) is 5.69 Å². The van der Waals surface area contributed by atoms with Gasteiger partial charge in [-0.1, -0.05) is 5.16 Å². The third-order valence-corrected chi connectivity index (χ3v) is 4.88. The first-order valence-electron chi connectivity index (χ1n) is 6.03. The molecule has 0 saturated heterocycles. The molecule has 0 heterocycles. The van der Waals surface area contributed by atoms with Gasteiger partial charge < -0.3 is 16.3 Å². The van der Waals surface area contributed by atoms with E-state index in [-0.39, 0.29) is 16.6 Å². The number of rotatable bonds is 5. The highest BCUT2D eigenvalue weighted by atomic mass is 32.2. The van der Waals surface area contributed by atoms with Crippen molar-refractivity contribution in [2.24, 2.45) is 10.9 Å². The number of sulfonamides is 1. The fourth-order valence-electron chi connectivity index (χ4n) is 1.56. The van der Waals surface area contributed by atoms with Gasteiger partial charge in [0.05, 0.1) is 10.9 Å². The maximum absolute atomic E-state index is 12.4. The van der Waals surface area contributed by atoms with E-state index in [4.69, 9.17) is 10.9 Å². The highest BCUT2D eigenvalue weighted by Crippen LogP contribution is 2.19. The molecule has 1 unspecified atom stereocenters. The standard InChI is InChI=1S/C12H18N4O4S/c1-8(12(13)15-18)16(3)21(19,20)11-6-4-10(5-7-11)14-9(2)17/h4-8,18H,1-3H3,(H2,13,15)(H,14,17). The monoisotopic (exact) mass is 314 g/mol. The minimum absolute atomic E-state index is 0.0386. The summed E-state index contributed by atoms with van der Waals surface area (Å²) in [6, 6.07) is 4.91. The fourth-order valence-corrected chi connectivity index (χ4v) is 2.89. The normalized spacial score (nSPS) is 14.0. The van der Waals surface area contributed by atoms with Crippen LogP contribution in [0.2, 0.25) is 0 Å². The molecular weight excluding hydrogens is 296 g/mol. The lowest BCUT2D eigenvalue weighted by Gasteiger charge is -2.23. The third-order valence-electron chi connectivity index (χ3n) is 2.94. The van der Waals surface area contributed by atoms with Crippen molar-refractivity contribution in [1.82, 2.24) is 4.31 Å². The van der Waals surface area contributed by atoms with Crippen molar-refractivity contribution >= 4 is 27.5 Å². The second-order valence-corrected chi connectivity index (χ2v) is 6.43. The van der Waals surface area contributed by atoms with Gasteiger partial charge in [-0.3, -0.25) is 4.79 Å². The van der Waals surface area contributed by atoms with Gasteiger partial charge in [-0.25, -0.2) is 8.42 Å². The summed E-state index contributed by atoms with van der Waals surface area (Å²) < 4.78 is 25.7. The fraction of sp³-hybridized carbons (Fsp3) is 0.333. The molecule has 0 spiro atoms. The Hall–Kier alpha value is -2.13. The lowest BCUT2D eigenvalue weighted by atomic mass is 10.3. The van der Waals surface area contributed by atoms with Crippen molar-refractivity contribution in [3.8, 4) is 0 Å². The first kappa shape index (κ1) is 16.9. The molecule has 1 rings (SSSR count). The van der Waals surface area contributed by atoms with Crippen LogP contribution in [0.5, 0.6) is 0 Å². The van der Waals surface area contributed by atoms with E-state index in [1.54, 1.807) is 0 Å². The summed E-state index contributed by atoms with van der Waals surface area (Å²) in [5.74, 6) is -0.459. The molecule has 9 heteroatoms. The predicted octanol–water partition coefficient (Wildman–Crippen LogP) is 0.400. The number of hydrogen-bond donors (Lipinski definition) is 3. The van der Waals surface area contributed by atoms with Crippen LogP contribution in [0.4, 0.5) is 5.69 Å². The highest BCUT2D eigenvalue weighted by molar-refractivity contribution is 7.89. The molecule has 1 amide bonds. The average Bonchev–Trinajstić information content (AvgIpc) is 2.44. The maximum atomic E-state index is 12.4. The minimum atomic E-state index is -3.79. The molecule has 8 nitrogen and oxygen atoms in total. The van der Waals surface area contributed by atoms with Gasteiger partial charge in [-0.05, 0) is 31.2 Å². The SMILES string of the molecule is CC(=O)Nc1ccc(S(=O)(=O)N(C)C(C)C(N)=NO)cc1. The summed E-state index contributed by atoms with van der Waals surface area (Å²) >= 11 is 0. The van der Waals surface area contributed by atoms with Crippen LogP contribution in [-0.4, -0.2) is 42.8 Å². The van der Waals surface area contributed by atoms with E-state index in [0.717, 1.165) is 4.31 Å². The predicted molar refractivity (Wildman–Crippen MR) is 78.6 cm³/mol. The van der Waals surface area contributed by atoms with E-state index >= 15 is 0 Å². The van der Waals surface area contributed by atoms with Crippen molar-refractivity contribution in [2.45, 2.75) is 24.8 Å². The van der Waals surface area contributed by atoms with Gasteiger partial charge in [-0.15, -0.1) is 0 Å². The van der Waals surface area contributed by atoms with E-state index in [1.165, 1.54) is 45.2 Å². The number of anilines is 1. The van der Waals surface area contributed by atoms with E-state index < -0.39 is 16.1 Å². The number of carbonyl (C=O) groups excluding carboxylic acids is 1. The zero-order valence-electron chi connectivity index (χ0n) is 11.9. The number of amidine groups is 1. The number of nitrogens with two attached hydrogens (primary N) is 1. The Balaban J connectivity index is 3.05. The number of carbonyl (C=O) groups is 1. The smallest absolute Gasteiger partial charge is 0.243 e. The van der Waals surface area contributed by atoms with E-state index in [9.17, 15) is 13.2 Å². The summed E-state index contributed by atoms with van der Waals surface area (Å²) in [4.78, 5) is 11.0. The van der Waals surface area contributed by atoms with Crippen LogP contribution >= 0.6 is 0 Å². The van der Waals surface area contributed by atoms with Crippen LogP contribution in [0, 0.1) is 0 Å². The summed E-state index contributed by atoms with van der Waals surface area (Å²) in [5, 5.41) is 14.0. The lowest BCUT2D eigenvalue weighted by Crippen LogP contribution is -2.43. The Kier molecular flexibility index (Phi) is 5.28. The van der Waals surface area contributed by atoms with Gasteiger partial charge in [0.15, 0.2) is 5.84 Å². The molecule has 0 radical (unpaired) electrons. The van der Waals surface area contributed by atoms with Crippen molar-refractivity contribution in [3.05, 3.63) is 24.3 Å². The molecule has 0 bridgehead atoms. The second kappa shape index (κ2) is 6.55. The van der Waals surface area contributed by atoms with Gasteiger partial charge in [0.1, 0.15) is 0 Å². The Labute approximate surface area is 123 Å². The number of nitrogens with zero attached hydrogens (tertiary/aromatic N) is 2. The molecule has 0 saturated carbocycles. The zero-order chi connectivity index (χ0) is 16.2. The number of oxime groups is 1. The summed E-state index contributed by atoms with van der Waals surface area (Å²) in [7, 11) is -2.46. The highest BCUT2D eigenvalue weighted by Gasteiger charge is 2.27. The molecule has 116 valence electrons. The van der Waals surface area contributed by atoms with Gasteiger partial charge in [0.25, 0.3) is 0 Å². The molecule has 1 atom stereocenters. The largest absolute Gasteiger partial charge is 0.409 e. The third kappa shape index (κ3) is 3.92. The molecule has 0 fully saturated rings. The summed E-state index contributed by atoms with van der Waals surface area (Å²) in [5.41, 5.74) is 5.91. The molecule has 1 aromatic rings. The number of nitrogens with one attached hydrogen (secondary N) is 1. The first-order valence-corrected chi connectivity index (χ1v) is 7.47. The molecular formula is C12H18N4O4S. The van der Waals surface area contributed by atoms with Gasteiger partial charge in [0.2, 0.25) is 15.9 Å². The molecule has 0 aliphatic carbocycles.